The first-order valence-corrected chi connectivity index (χ1v) is 10.2. The molecule has 0 saturated carbocycles. The maximum atomic E-state index is 12.2. The van der Waals surface area contributed by atoms with Crippen LogP contribution in [0.25, 0.3) is 0 Å². The number of hydrogen-bond donors (Lipinski definition) is 1. The van der Waals surface area contributed by atoms with Gasteiger partial charge in [0, 0.05) is 18.0 Å². The maximum Gasteiger partial charge on any atom is 0.230 e. The number of nitrogens with zero attached hydrogens (tertiary/aromatic N) is 2. The van der Waals surface area contributed by atoms with Crippen molar-refractivity contribution in [1.82, 2.24) is 15.2 Å². The van der Waals surface area contributed by atoms with Crippen LogP contribution in [0.15, 0.2) is 0 Å². The van der Waals surface area contributed by atoms with Crippen LogP contribution in [-0.2, 0) is 4.79 Å². The Morgan fingerprint density at radius 2 is 2.13 bits per heavy atom. The second kappa shape index (κ2) is 8.44. The summed E-state index contributed by atoms with van der Waals surface area (Å²) in [7, 11) is 0. The van der Waals surface area contributed by atoms with E-state index in [0.29, 0.717) is 5.75 Å². The molecule has 0 spiro atoms. The first kappa shape index (κ1) is 18.7. The molecule has 1 aromatic rings. The summed E-state index contributed by atoms with van der Waals surface area (Å²) in [6.07, 6.45) is 2.38. The predicted molar refractivity (Wildman–Crippen MR) is 103 cm³/mol. The highest BCUT2D eigenvalue weighted by molar-refractivity contribution is 8.23. The number of rotatable bonds is 4. The van der Waals surface area contributed by atoms with Gasteiger partial charge in [-0.1, -0.05) is 30.9 Å². The fourth-order valence-corrected chi connectivity index (χ4v) is 4.70. The van der Waals surface area contributed by atoms with Crippen molar-refractivity contribution in [2.45, 2.75) is 46.6 Å². The first-order chi connectivity index (χ1) is 10.9. The van der Waals surface area contributed by atoms with Crippen molar-refractivity contribution in [2.24, 2.45) is 5.92 Å². The number of thioether (sulfide) groups is 1. The van der Waals surface area contributed by atoms with E-state index in [0.717, 1.165) is 38.9 Å². The summed E-state index contributed by atoms with van der Waals surface area (Å²) in [6, 6.07) is -0.00120. The Bertz CT molecular complexity index is 565. The van der Waals surface area contributed by atoms with Crippen molar-refractivity contribution >= 4 is 45.5 Å². The molecule has 0 radical (unpaired) electrons. The lowest BCUT2D eigenvalue weighted by Crippen LogP contribution is -2.36. The van der Waals surface area contributed by atoms with Gasteiger partial charge in [-0.15, -0.1) is 11.3 Å². The third-order valence-electron chi connectivity index (χ3n) is 4.08. The smallest absolute Gasteiger partial charge is 0.230 e. The Labute approximate surface area is 152 Å². The molecule has 1 saturated heterocycles. The Hall–Kier alpha value is -0.660. The number of aryl methyl sites for hydroxylation is 2. The van der Waals surface area contributed by atoms with Gasteiger partial charge in [-0.05, 0) is 39.5 Å². The largest absolute Gasteiger partial charge is 0.357 e. The number of aromatic nitrogens is 1. The van der Waals surface area contributed by atoms with Gasteiger partial charge in [0.05, 0.1) is 22.5 Å². The Kier molecular flexibility index (Phi) is 6.85. The standard InChI is InChI=1S/C16H25N3OS3/c1-10-5-7-19(8-6-10)16(21)22-9-14(20)18-12(3)15-11(2)17-13(4)23-15/h10,12H,5-9H2,1-4H3,(H,18,20). The van der Waals surface area contributed by atoms with Gasteiger partial charge in [-0.3, -0.25) is 4.79 Å². The summed E-state index contributed by atoms with van der Waals surface area (Å²) < 4.78 is 0.851. The van der Waals surface area contributed by atoms with Gasteiger partial charge in [0.25, 0.3) is 0 Å². The van der Waals surface area contributed by atoms with E-state index in [9.17, 15) is 4.79 Å². The van der Waals surface area contributed by atoms with E-state index in [1.165, 1.54) is 24.6 Å². The number of piperidine rings is 1. The van der Waals surface area contributed by atoms with Crippen LogP contribution in [0.5, 0.6) is 0 Å². The molecule has 4 nitrogen and oxygen atoms in total. The van der Waals surface area contributed by atoms with Crippen LogP contribution in [0.4, 0.5) is 0 Å². The van der Waals surface area contributed by atoms with Gasteiger partial charge in [0.2, 0.25) is 5.91 Å². The van der Waals surface area contributed by atoms with Crippen molar-refractivity contribution in [1.29, 1.82) is 0 Å². The number of carbonyl (C=O) groups is 1. The molecule has 1 fully saturated rings. The number of thiazole rings is 1. The normalized spacial score (nSPS) is 17.1. The SMILES string of the molecule is Cc1nc(C)c(C(C)NC(=O)CSC(=S)N2CCC(C)CC2)s1. The number of nitrogens with one attached hydrogen (secondary N) is 1. The van der Waals surface area contributed by atoms with Crippen molar-refractivity contribution in [3.8, 4) is 0 Å². The molecule has 1 aromatic heterocycles. The molecular weight excluding hydrogens is 346 g/mol. The minimum absolute atomic E-state index is 0.00120. The summed E-state index contributed by atoms with van der Waals surface area (Å²) in [5.41, 5.74) is 1.01. The molecule has 1 atom stereocenters. The Morgan fingerprint density at radius 1 is 1.48 bits per heavy atom. The second-order valence-corrected chi connectivity index (χ2v) is 9.04. The van der Waals surface area contributed by atoms with Crippen molar-refractivity contribution in [2.75, 3.05) is 18.8 Å². The summed E-state index contributed by atoms with van der Waals surface area (Å²) in [5.74, 6) is 1.20. The zero-order chi connectivity index (χ0) is 17.0. The molecule has 1 aliphatic rings. The number of thiocarbonyl (C=S) groups is 1. The highest BCUT2D eigenvalue weighted by Gasteiger charge is 2.20. The number of carbonyl (C=O) groups excluding carboxylic acids is 1. The average molecular weight is 372 g/mol. The summed E-state index contributed by atoms with van der Waals surface area (Å²) in [5, 5.41) is 4.08. The van der Waals surface area contributed by atoms with Gasteiger partial charge >= 0.3 is 0 Å². The molecular formula is C16H25N3OS3. The van der Waals surface area contributed by atoms with Gasteiger partial charge in [-0.2, -0.15) is 0 Å². The monoisotopic (exact) mass is 371 g/mol. The summed E-state index contributed by atoms with van der Waals surface area (Å²) in [4.78, 5) is 19.9. The predicted octanol–water partition coefficient (Wildman–Crippen LogP) is 3.69. The molecule has 1 N–H and O–H groups in total. The molecule has 0 bridgehead atoms. The minimum Gasteiger partial charge on any atom is -0.357 e. The number of likely N-dealkylation sites (tertiary alicyclic amines) is 1. The Balaban J connectivity index is 1.76. The zero-order valence-corrected chi connectivity index (χ0v) is 16.7. The fourth-order valence-electron chi connectivity index (χ4n) is 2.71. The topological polar surface area (TPSA) is 45.2 Å². The zero-order valence-electron chi connectivity index (χ0n) is 14.2. The van der Waals surface area contributed by atoms with Crippen LogP contribution in [0.3, 0.4) is 0 Å². The van der Waals surface area contributed by atoms with Crippen LogP contribution >= 0.6 is 35.3 Å². The van der Waals surface area contributed by atoms with Crippen LogP contribution in [0, 0.1) is 19.8 Å². The summed E-state index contributed by atoms with van der Waals surface area (Å²) in [6.45, 7) is 10.3. The number of hydrogen-bond acceptors (Lipinski definition) is 5. The van der Waals surface area contributed by atoms with Gasteiger partial charge in [0.1, 0.15) is 4.32 Å². The van der Waals surface area contributed by atoms with Crippen LogP contribution in [0.1, 0.15) is 48.3 Å². The lowest BCUT2D eigenvalue weighted by molar-refractivity contribution is -0.119. The van der Waals surface area contributed by atoms with Crippen molar-refractivity contribution < 1.29 is 4.79 Å². The average Bonchev–Trinajstić information content (AvgIpc) is 2.84. The number of amides is 1. The van der Waals surface area contributed by atoms with E-state index >= 15 is 0 Å². The lowest BCUT2D eigenvalue weighted by atomic mass is 10.00. The van der Waals surface area contributed by atoms with E-state index in [1.54, 1.807) is 11.3 Å². The molecule has 128 valence electrons. The van der Waals surface area contributed by atoms with Crippen LogP contribution in [-0.4, -0.2) is 39.0 Å². The fraction of sp³-hybridized carbons (Fsp3) is 0.688. The van der Waals surface area contributed by atoms with Crippen LogP contribution < -0.4 is 5.32 Å². The molecule has 0 aromatic carbocycles. The maximum absolute atomic E-state index is 12.2. The molecule has 1 amide bonds. The molecule has 7 heteroatoms. The van der Waals surface area contributed by atoms with Gasteiger partial charge < -0.3 is 10.2 Å². The van der Waals surface area contributed by atoms with E-state index in [4.69, 9.17) is 12.2 Å². The first-order valence-electron chi connectivity index (χ1n) is 8.01. The van der Waals surface area contributed by atoms with E-state index in [2.05, 4.69) is 22.1 Å². The second-order valence-electron chi connectivity index (χ2n) is 6.20. The molecule has 2 heterocycles. The Morgan fingerprint density at radius 3 is 2.70 bits per heavy atom. The highest BCUT2D eigenvalue weighted by Crippen LogP contribution is 2.25. The molecule has 0 aliphatic carbocycles. The summed E-state index contributed by atoms with van der Waals surface area (Å²) >= 11 is 8.58. The van der Waals surface area contributed by atoms with Crippen molar-refractivity contribution in [3.63, 3.8) is 0 Å². The van der Waals surface area contributed by atoms with E-state index in [1.807, 2.05) is 20.8 Å². The van der Waals surface area contributed by atoms with Crippen LogP contribution in [0.2, 0.25) is 0 Å². The van der Waals surface area contributed by atoms with Gasteiger partial charge in [-0.25, -0.2) is 4.98 Å². The van der Waals surface area contributed by atoms with Crippen molar-refractivity contribution in [3.05, 3.63) is 15.6 Å². The molecule has 1 unspecified atom stereocenters. The molecule has 23 heavy (non-hydrogen) atoms. The van der Waals surface area contributed by atoms with E-state index in [-0.39, 0.29) is 11.9 Å². The molecule has 1 aliphatic heterocycles. The lowest BCUT2D eigenvalue weighted by Gasteiger charge is -2.31. The highest BCUT2D eigenvalue weighted by atomic mass is 32.2. The van der Waals surface area contributed by atoms with E-state index < -0.39 is 0 Å². The molecule has 2 rings (SSSR count). The quantitative estimate of drug-likeness (QED) is 0.818. The minimum atomic E-state index is -0.00120. The third kappa shape index (κ3) is 5.43. The van der Waals surface area contributed by atoms with Gasteiger partial charge in [0.15, 0.2) is 0 Å². The third-order valence-corrected chi connectivity index (χ3v) is 6.86.